The van der Waals surface area contributed by atoms with E-state index in [-0.39, 0.29) is 0 Å². The van der Waals surface area contributed by atoms with Crippen molar-refractivity contribution in [1.82, 2.24) is 0 Å². The van der Waals surface area contributed by atoms with E-state index in [1.807, 2.05) is 24.3 Å². The molecule has 0 atom stereocenters. The highest BCUT2D eigenvalue weighted by Crippen LogP contribution is 2.25. The molecule has 2 nitrogen and oxygen atoms in total. The first-order valence-electron chi connectivity index (χ1n) is 4.73. The van der Waals surface area contributed by atoms with Crippen LogP contribution < -0.4 is 4.74 Å². The first-order chi connectivity index (χ1) is 7.68. The number of esters is 1. The van der Waals surface area contributed by atoms with E-state index in [1.165, 1.54) is 0 Å². The van der Waals surface area contributed by atoms with Crippen molar-refractivity contribution in [1.29, 1.82) is 0 Å². The molecule has 0 aliphatic carbocycles. The Kier molecular flexibility index (Phi) is 2.68. The molecule has 0 radical (unpaired) electrons. The predicted molar refractivity (Wildman–Crippen MR) is 59.8 cm³/mol. The van der Waals surface area contributed by atoms with Crippen LogP contribution >= 0.6 is 0 Å². The smallest absolute Gasteiger partial charge is 0.371 e. The largest absolute Gasteiger partial charge is 0.421 e. The molecule has 80 valence electrons. The second-order valence-corrected chi connectivity index (χ2v) is 3.27. The Morgan fingerprint density at radius 2 is 1.81 bits per heavy atom. The monoisotopic (exact) mass is 216 g/mol. The van der Waals surface area contributed by atoms with Crippen LogP contribution in [0.25, 0.3) is 10.8 Å². The van der Waals surface area contributed by atoms with Gasteiger partial charge < -0.3 is 4.74 Å². The van der Waals surface area contributed by atoms with Gasteiger partial charge in [-0.2, -0.15) is 4.39 Å². The fourth-order valence-corrected chi connectivity index (χ4v) is 1.44. The lowest BCUT2D eigenvalue weighted by Crippen LogP contribution is -2.07. The van der Waals surface area contributed by atoms with Crippen LogP contribution in [0.1, 0.15) is 0 Å². The van der Waals surface area contributed by atoms with E-state index in [0.717, 1.165) is 10.8 Å². The Labute approximate surface area is 92.0 Å². The van der Waals surface area contributed by atoms with Crippen molar-refractivity contribution in [3.8, 4) is 5.75 Å². The van der Waals surface area contributed by atoms with Crippen molar-refractivity contribution in [2.24, 2.45) is 0 Å². The van der Waals surface area contributed by atoms with E-state index in [4.69, 9.17) is 4.74 Å². The number of ether oxygens (including phenoxy) is 1. The van der Waals surface area contributed by atoms with Crippen molar-refractivity contribution in [3.63, 3.8) is 0 Å². The normalized spacial score (nSPS) is 10.1. The van der Waals surface area contributed by atoms with E-state index in [9.17, 15) is 9.18 Å². The van der Waals surface area contributed by atoms with Gasteiger partial charge in [-0.25, -0.2) is 4.79 Å². The summed E-state index contributed by atoms with van der Waals surface area (Å²) in [5.74, 6) is -1.83. The molecule has 16 heavy (non-hydrogen) atoms. The number of carbonyl (C=O) groups excluding carboxylic acids is 1. The molecule has 0 bridgehead atoms. The molecule has 0 aliphatic heterocycles. The molecule has 0 amide bonds. The molecule has 0 heterocycles. The number of fused-ring (bicyclic) bond motifs is 1. The second-order valence-electron chi connectivity index (χ2n) is 3.27. The average molecular weight is 216 g/mol. The topological polar surface area (TPSA) is 26.3 Å². The quantitative estimate of drug-likeness (QED) is 0.437. The number of hydrogen-bond donors (Lipinski definition) is 0. The van der Waals surface area contributed by atoms with E-state index < -0.39 is 11.8 Å². The van der Waals surface area contributed by atoms with Crippen LogP contribution in [0, 0.1) is 0 Å². The zero-order valence-electron chi connectivity index (χ0n) is 8.44. The number of hydrogen-bond acceptors (Lipinski definition) is 2. The predicted octanol–water partition coefficient (Wildman–Crippen LogP) is 3.23. The molecular weight excluding hydrogens is 207 g/mol. The maximum atomic E-state index is 12.5. The lowest BCUT2D eigenvalue weighted by Gasteiger charge is -2.05. The van der Waals surface area contributed by atoms with Gasteiger partial charge >= 0.3 is 5.97 Å². The van der Waals surface area contributed by atoms with E-state index in [1.54, 1.807) is 18.2 Å². The minimum atomic E-state index is -1.10. The molecule has 0 aliphatic rings. The molecule has 0 aromatic heterocycles. The van der Waals surface area contributed by atoms with Crippen molar-refractivity contribution in [3.05, 3.63) is 54.9 Å². The van der Waals surface area contributed by atoms with Gasteiger partial charge in [0.05, 0.1) is 0 Å². The van der Waals surface area contributed by atoms with Gasteiger partial charge in [0.15, 0.2) is 0 Å². The summed E-state index contributed by atoms with van der Waals surface area (Å²) in [5, 5.41) is 1.69. The molecule has 2 rings (SSSR count). The molecule has 3 heteroatoms. The van der Waals surface area contributed by atoms with E-state index in [0.29, 0.717) is 5.75 Å². The second kappa shape index (κ2) is 4.14. The molecule has 0 saturated heterocycles. The SMILES string of the molecule is C=C(F)C(=O)Oc1cccc2ccccc12. The summed E-state index contributed by atoms with van der Waals surface area (Å²) in [4.78, 5) is 11.1. The minimum absolute atomic E-state index is 0.335. The fraction of sp³-hybridized carbons (Fsp3) is 0. The van der Waals surface area contributed by atoms with Crippen LogP contribution in [0.4, 0.5) is 4.39 Å². The summed E-state index contributed by atoms with van der Waals surface area (Å²) < 4.78 is 17.4. The summed E-state index contributed by atoms with van der Waals surface area (Å²) >= 11 is 0. The number of halogens is 1. The third-order valence-electron chi connectivity index (χ3n) is 2.17. The lowest BCUT2D eigenvalue weighted by molar-refractivity contribution is -0.131. The Morgan fingerprint density at radius 1 is 1.12 bits per heavy atom. The molecule has 0 spiro atoms. The van der Waals surface area contributed by atoms with Crippen molar-refractivity contribution in [2.75, 3.05) is 0 Å². The maximum Gasteiger partial charge on any atom is 0.371 e. The summed E-state index contributed by atoms with van der Waals surface area (Å²) in [5.41, 5.74) is 0. The highest BCUT2D eigenvalue weighted by atomic mass is 19.1. The zero-order valence-corrected chi connectivity index (χ0v) is 8.44. The van der Waals surface area contributed by atoms with Gasteiger partial charge in [-0.1, -0.05) is 43.0 Å². The number of carbonyl (C=O) groups is 1. The molecule has 0 fully saturated rings. The molecule has 0 unspecified atom stereocenters. The van der Waals surface area contributed by atoms with Gasteiger partial charge in [-0.15, -0.1) is 0 Å². The highest BCUT2D eigenvalue weighted by Gasteiger charge is 2.10. The fourth-order valence-electron chi connectivity index (χ4n) is 1.44. The molecular formula is C13H9FO2. The van der Waals surface area contributed by atoms with Crippen LogP contribution in [0.2, 0.25) is 0 Å². The zero-order chi connectivity index (χ0) is 11.5. The van der Waals surface area contributed by atoms with Crippen molar-refractivity contribution in [2.45, 2.75) is 0 Å². The van der Waals surface area contributed by atoms with Gasteiger partial charge in [0.1, 0.15) is 5.75 Å². The first-order valence-corrected chi connectivity index (χ1v) is 4.73. The standard InChI is InChI=1S/C13H9FO2/c1-9(14)13(15)16-12-8-4-6-10-5-2-3-7-11(10)12/h2-8H,1H2. The number of benzene rings is 2. The summed E-state index contributed by atoms with van der Waals surface area (Å²) in [6.45, 7) is 2.89. The van der Waals surface area contributed by atoms with Gasteiger partial charge in [0.2, 0.25) is 5.83 Å². The van der Waals surface area contributed by atoms with Crippen molar-refractivity contribution < 1.29 is 13.9 Å². The Bertz CT molecular complexity index is 555. The van der Waals surface area contributed by atoms with Crippen LogP contribution in [-0.2, 0) is 4.79 Å². The minimum Gasteiger partial charge on any atom is -0.421 e. The molecule has 2 aromatic rings. The third-order valence-corrected chi connectivity index (χ3v) is 2.17. The Balaban J connectivity index is 2.45. The van der Waals surface area contributed by atoms with Gasteiger partial charge in [-0.05, 0) is 11.5 Å². The molecule has 2 aromatic carbocycles. The lowest BCUT2D eigenvalue weighted by atomic mass is 10.1. The van der Waals surface area contributed by atoms with E-state index >= 15 is 0 Å². The summed E-state index contributed by atoms with van der Waals surface area (Å²) in [6, 6.07) is 12.6. The summed E-state index contributed by atoms with van der Waals surface area (Å²) in [6.07, 6.45) is 0. The van der Waals surface area contributed by atoms with E-state index in [2.05, 4.69) is 6.58 Å². The average Bonchev–Trinajstić information content (AvgIpc) is 2.29. The van der Waals surface area contributed by atoms with Gasteiger partial charge in [0.25, 0.3) is 0 Å². The number of rotatable bonds is 2. The van der Waals surface area contributed by atoms with Crippen molar-refractivity contribution >= 4 is 16.7 Å². The molecule has 0 saturated carbocycles. The van der Waals surface area contributed by atoms with Gasteiger partial charge in [0, 0.05) is 5.39 Å². The Hall–Kier alpha value is -2.16. The van der Waals surface area contributed by atoms with Gasteiger partial charge in [-0.3, -0.25) is 0 Å². The van der Waals surface area contributed by atoms with Crippen LogP contribution in [0.5, 0.6) is 5.75 Å². The highest BCUT2D eigenvalue weighted by molar-refractivity contribution is 5.93. The van der Waals surface area contributed by atoms with Crippen LogP contribution in [0.3, 0.4) is 0 Å². The van der Waals surface area contributed by atoms with Crippen LogP contribution in [0.15, 0.2) is 54.9 Å². The third kappa shape index (κ3) is 1.93. The maximum absolute atomic E-state index is 12.5. The van der Waals surface area contributed by atoms with Crippen LogP contribution in [-0.4, -0.2) is 5.97 Å². The Morgan fingerprint density at radius 3 is 2.56 bits per heavy atom. The molecule has 0 N–H and O–H groups in total. The summed E-state index contributed by atoms with van der Waals surface area (Å²) in [7, 11) is 0. The first kappa shape index (κ1) is 10.4.